The molecule has 2 rings (SSSR count). The summed E-state index contributed by atoms with van der Waals surface area (Å²) in [5.41, 5.74) is 5.69. The lowest BCUT2D eigenvalue weighted by atomic mass is 10.3. The molecule has 0 saturated carbocycles. The molecule has 0 spiro atoms. The highest BCUT2D eigenvalue weighted by Crippen LogP contribution is 2.28. The Morgan fingerprint density at radius 3 is 2.32 bits per heavy atom. The third kappa shape index (κ3) is 3.46. The molecule has 0 aliphatic heterocycles. The van der Waals surface area contributed by atoms with Gasteiger partial charge in [-0.25, -0.2) is 13.6 Å². The Kier molecular flexibility index (Phi) is 3.79. The molecule has 2 aromatic rings. The molecule has 0 atom stereocenters. The predicted molar refractivity (Wildman–Crippen MR) is 76.4 cm³/mol. The molecule has 0 radical (unpaired) electrons. The van der Waals surface area contributed by atoms with Crippen LogP contribution in [0.4, 0.5) is 5.69 Å². The quantitative estimate of drug-likeness (QED) is 0.837. The van der Waals surface area contributed by atoms with Crippen molar-refractivity contribution in [2.75, 3.05) is 5.73 Å². The van der Waals surface area contributed by atoms with Crippen molar-refractivity contribution in [1.29, 1.82) is 0 Å². The largest absolute Gasteiger partial charge is 0.457 e. The topological polar surface area (TPSA) is 95.4 Å². The van der Waals surface area contributed by atoms with Crippen LogP contribution in [0.1, 0.15) is 0 Å². The summed E-state index contributed by atoms with van der Waals surface area (Å²) < 4.78 is 28.9. The van der Waals surface area contributed by atoms with Gasteiger partial charge in [0, 0.05) is 10.5 Å². The van der Waals surface area contributed by atoms with E-state index in [9.17, 15) is 8.42 Å². The zero-order chi connectivity index (χ0) is 14.0. The fourth-order valence-corrected chi connectivity index (χ4v) is 2.54. The van der Waals surface area contributed by atoms with E-state index in [2.05, 4.69) is 15.9 Å². The lowest BCUT2D eigenvalue weighted by Gasteiger charge is -2.08. The molecule has 19 heavy (non-hydrogen) atoms. The Labute approximate surface area is 119 Å². The summed E-state index contributed by atoms with van der Waals surface area (Å²) in [4.78, 5) is -0.117. The van der Waals surface area contributed by atoms with E-state index < -0.39 is 10.0 Å². The van der Waals surface area contributed by atoms with Crippen LogP contribution in [0.15, 0.2) is 51.8 Å². The van der Waals surface area contributed by atoms with Gasteiger partial charge in [-0.2, -0.15) is 0 Å². The number of anilines is 1. The lowest BCUT2D eigenvalue weighted by molar-refractivity contribution is 0.482. The molecule has 7 heteroatoms. The first-order valence-corrected chi connectivity index (χ1v) is 7.56. The highest BCUT2D eigenvalue weighted by atomic mass is 79.9. The Balaban J connectivity index is 2.31. The van der Waals surface area contributed by atoms with E-state index in [0.717, 1.165) is 4.47 Å². The zero-order valence-corrected chi connectivity index (χ0v) is 12.1. The van der Waals surface area contributed by atoms with Gasteiger partial charge in [-0.1, -0.05) is 22.0 Å². The highest BCUT2D eigenvalue weighted by Gasteiger charge is 2.12. The molecule has 0 fully saturated rings. The first-order valence-electron chi connectivity index (χ1n) is 5.22. The van der Waals surface area contributed by atoms with E-state index in [1.54, 1.807) is 12.1 Å². The third-order valence-electron chi connectivity index (χ3n) is 2.32. The van der Waals surface area contributed by atoms with E-state index >= 15 is 0 Å². The normalized spacial score (nSPS) is 11.3. The number of ether oxygens (including phenoxy) is 1. The van der Waals surface area contributed by atoms with Crippen molar-refractivity contribution in [2.24, 2.45) is 5.14 Å². The van der Waals surface area contributed by atoms with E-state index in [1.165, 1.54) is 18.2 Å². The summed E-state index contributed by atoms with van der Waals surface area (Å²) in [6.07, 6.45) is 0. The molecule has 0 bridgehead atoms. The minimum absolute atomic E-state index is 0.0509. The van der Waals surface area contributed by atoms with Crippen molar-refractivity contribution in [2.45, 2.75) is 4.90 Å². The summed E-state index contributed by atoms with van der Waals surface area (Å²) >= 11 is 3.33. The van der Waals surface area contributed by atoms with Crippen molar-refractivity contribution < 1.29 is 13.2 Å². The van der Waals surface area contributed by atoms with Gasteiger partial charge in [-0.15, -0.1) is 0 Å². The average Bonchev–Trinajstić information content (AvgIpc) is 2.27. The minimum Gasteiger partial charge on any atom is -0.457 e. The molecule has 5 nitrogen and oxygen atoms in total. The lowest BCUT2D eigenvalue weighted by Crippen LogP contribution is -2.14. The maximum absolute atomic E-state index is 11.2. The second-order valence-electron chi connectivity index (χ2n) is 3.80. The Morgan fingerprint density at radius 2 is 1.74 bits per heavy atom. The molecule has 0 heterocycles. The fraction of sp³-hybridized carbons (Fsp3) is 0. The number of halogens is 1. The Bertz CT molecular complexity index is 717. The van der Waals surface area contributed by atoms with Crippen LogP contribution in [-0.4, -0.2) is 8.42 Å². The maximum atomic E-state index is 11.2. The first kappa shape index (κ1) is 13.9. The summed E-state index contributed by atoms with van der Waals surface area (Å²) in [6, 6.07) is 11.5. The van der Waals surface area contributed by atoms with E-state index in [-0.39, 0.29) is 10.6 Å². The molecule has 2 aromatic carbocycles. The molecule has 0 aliphatic carbocycles. The second kappa shape index (κ2) is 5.20. The maximum Gasteiger partial charge on any atom is 0.240 e. The van der Waals surface area contributed by atoms with Crippen LogP contribution in [0.2, 0.25) is 0 Å². The molecule has 4 N–H and O–H groups in total. The molecular formula is C12H11BrN2O3S. The molecule has 0 saturated heterocycles. The first-order chi connectivity index (χ1) is 8.86. The van der Waals surface area contributed by atoms with Crippen molar-refractivity contribution in [1.82, 2.24) is 0 Å². The molecule has 0 unspecified atom stereocenters. The van der Waals surface area contributed by atoms with Crippen LogP contribution < -0.4 is 15.6 Å². The molecule has 0 aromatic heterocycles. The van der Waals surface area contributed by atoms with Gasteiger partial charge in [0.1, 0.15) is 16.4 Å². The number of benzene rings is 2. The van der Waals surface area contributed by atoms with Crippen molar-refractivity contribution in [3.05, 3.63) is 46.9 Å². The minimum atomic E-state index is -3.82. The smallest absolute Gasteiger partial charge is 0.240 e. The fourth-order valence-electron chi connectivity index (χ4n) is 1.52. The van der Waals surface area contributed by atoms with Gasteiger partial charge in [0.05, 0.1) is 5.69 Å². The zero-order valence-electron chi connectivity index (χ0n) is 9.71. The number of hydrogen-bond donors (Lipinski definition) is 2. The van der Waals surface area contributed by atoms with Crippen molar-refractivity contribution >= 4 is 31.6 Å². The average molecular weight is 343 g/mol. The summed E-state index contributed by atoms with van der Waals surface area (Å²) in [6.45, 7) is 0. The Morgan fingerprint density at radius 1 is 1.05 bits per heavy atom. The summed E-state index contributed by atoms with van der Waals surface area (Å²) in [7, 11) is -3.82. The van der Waals surface area contributed by atoms with Gasteiger partial charge in [-0.3, -0.25) is 0 Å². The van der Waals surface area contributed by atoms with Gasteiger partial charge < -0.3 is 10.5 Å². The van der Waals surface area contributed by atoms with Gasteiger partial charge in [0.2, 0.25) is 10.0 Å². The summed E-state index contributed by atoms with van der Waals surface area (Å²) in [5, 5.41) is 5.03. The van der Waals surface area contributed by atoms with Gasteiger partial charge in [-0.05, 0) is 30.3 Å². The van der Waals surface area contributed by atoms with E-state index in [0.29, 0.717) is 11.5 Å². The van der Waals surface area contributed by atoms with Crippen molar-refractivity contribution in [3.63, 3.8) is 0 Å². The molecule has 0 amide bonds. The molecule has 0 aliphatic rings. The van der Waals surface area contributed by atoms with Crippen LogP contribution in [0.5, 0.6) is 11.5 Å². The van der Waals surface area contributed by atoms with Gasteiger partial charge in [0.15, 0.2) is 0 Å². The van der Waals surface area contributed by atoms with E-state index in [4.69, 9.17) is 15.6 Å². The van der Waals surface area contributed by atoms with E-state index in [1.807, 2.05) is 12.1 Å². The third-order valence-corrected chi connectivity index (χ3v) is 3.80. The van der Waals surface area contributed by atoms with Crippen LogP contribution in [0, 0.1) is 0 Å². The highest BCUT2D eigenvalue weighted by molar-refractivity contribution is 9.10. The monoisotopic (exact) mass is 342 g/mol. The standard InChI is InChI=1S/C12H11BrN2O3S/c13-8-2-1-3-9(6-8)18-10-4-5-12(11(14)7-10)19(15,16)17/h1-7H,14H2,(H2,15,16,17). The number of sulfonamides is 1. The molecular weight excluding hydrogens is 332 g/mol. The number of rotatable bonds is 3. The number of hydrogen-bond acceptors (Lipinski definition) is 4. The van der Waals surface area contributed by atoms with Gasteiger partial charge >= 0.3 is 0 Å². The van der Waals surface area contributed by atoms with Crippen LogP contribution in [-0.2, 0) is 10.0 Å². The van der Waals surface area contributed by atoms with Crippen LogP contribution in [0.25, 0.3) is 0 Å². The van der Waals surface area contributed by atoms with Crippen LogP contribution >= 0.6 is 15.9 Å². The van der Waals surface area contributed by atoms with Gasteiger partial charge in [0.25, 0.3) is 0 Å². The van der Waals surface area contributed by atoms with Crippen molar-refractivity contribution in [3.8, 4) is 11.5 Å². The number of nitrogens with two attached hydrogens (primary N) is 2. The number of nitrogen functional groups attached to an aromatic ring is 1. The van der Waals surface area contributed by atoms with Crippen LogP contribution in [0.3, 0.4) is 0 Å². The SMILES string of the molecule is Nc1cc(Oc2cccc(Br)c2)ccc1S(N)(=O)=O. The Hall–Kier alpha value is -1.57. The second-order valence-corrected chi connectivity index (χ2v) is 6.25. The summed E-state index contributed by atoms with van der Waals surface area (Å²) in [5.74, 6) is 1.04. The number of primary sulfonamides is 1. The predicted octanol–water partition coefficient (Wildman–Crippen LogP) is 2.47. The molecule has 100 valence electrons.